The lowest BCUT2D eigenvalue weighted by molar-refractivity contribution is -0.121. The Hall–Kier alpha value is -2.66. The third kappa shape index (κ3) is 3.27. The van der Waals surface area contributed by atoms with Crippen LogP contribution in [0.4, 0.5) is 5.69 Å². The third-order valence-corrected chi connectivity index (χ3v) is 3.07. The molecule has 0 aliphatic rings. The van der Waals surface area contributed by atoms with E-state index in [4.69, 9.17) is 4.74 Å². The first kappa shape index (κ1) is 13.3. The highest BCUT2D eigenvalue weighted by molar-refractivity contribution is 5.99. The van der Waals surface area contributed by atoms with E-state index < -0.39 is 0 Å². The van der Waals surface area contributed by atoms with Gasteiger partial charge in [0.05, 0.1) is 24.1 Å². The highest BCUT2D eigenvalue weighted by atomic mass is 16.5. The second kappa shape index (κ2) is 6.19. The van der Waals surface area contributed by atoms with Crippen molar-refractivity contribution in [3.8, 4) is 0 Å². The molecule has 2 N–H and O–H groups in total. The number of amides is 1. The number of benzene rings is 2. The van der Waals surface area contributed by atoms with Crippen LogP contribution >= 0.6 is 0 Å². The zero-order valence-corrected chi connectivity index (χ0v) is 11.4. The Labute approximate surface area is 122 Å². The number of fused-ring (bicyclic) bond motifs is 1. The van der Waals surface area contributed by atoms with Crippen LogP contribution in [0, 0.1) is 0 Å². The third-order valence-electron chi connectivity index (χ3n) is 3.07. The number of para-hydroxylation sites is 1. The molecule has 0 bridgehead atoms. The Kier molecular flexibility index (Phi) is 3.93. The van der Waals surface area contributed by atoms with E-state index in [1.54, 1.807) is 6.33 Å². The van der Waals surface area contributed by atoms with E-state index >= 15 is 0 Å². The molecule has 106 valence electrons. The van der Waals surface area contributed by atoms with Crippen molar-refractivity contribution in [2.45, 2.75) is 6.61 Å². The van der Waals surface area contributed by atoms with Crippen LogP contribution in [0.25, 0.3) is 11.0 Å². The van der Waals surface area contributed by atoms with E-state index in [1.807, 2.05) is 48.5 Å². The van der Waals surface area contributed by atoms with E-state index in [9.17, 15) is 4.79 Å². The highest BCUT2D eigenvalue weighted by Crippen LogP contribution is 2.19. The SMILES string of the molecule is O=C(COCc1ccccc1)Nc1cccc2[nH]cnc12. The van der Waals surface area contributed by atoms with Gasteiger partial charge in [0.15, 0.2) is 0 Å². The first-order valence-corrected chi connectivity index (χ1v) is 6.66. The minimum atomic E-state index is -0.193. The summed E-state index contributed by atoms with van der Waals surface area (Å²) in [4.78, 5) is 19.1. The van der Waals surface area contributed by atoms with Crippen LogP contribution in [0.5, 0.6) is 0 Å². The fourth-order valence-electron chi connectivity index (χ4n) is 2.09. The van der Waals surface area contributed by atoms with Crippen LogP contribution in [0.2, 0.25) is 0 Å². The van der Waals surface area contributed by atoms with Crippen molar-refractivity contribution in [2.24, 2.45) is 0 Å². The van der Waals surface area contributed by atoms with Crippen molar-refractivity contribution < 1.29 is 9.53 Å². The summed E-state index contributed by atoms with van der Waals surface area (Å²) in [6.45, 7) is 0.427. The summed E-state index contributed by atoms with van der Waals surface area (Å²) < 4.78 is 5.41. The number of aromatic amines is 1. The van der Waals surface area contributed by atoms with Gasteiger partial charge in [-0.05, 0) is 17.7 Å². The summed E-state index contributed by atoms with van der Waals surface area (Å²) in [5.41, 5.74) is 3.36. The van der Waals surface area contributed by atoms with E-state index in [0.29, 0.717) is 12.3 Å². The van der Waals surface area contributed by atoms with Gasteiger partial charge in [-0.25, -0.2) is 4.98 Å². The fraction of sp³-hybridized carbons (Fsp3) is 0.125. The second-order valence-electron chi connectivity index (χ2n) is 4.63. The molecule has 0 saturated carbocycles. The van der Waals surface area contributed by atoms with E-state index in [0.717, 1.165) is 16.6 Å². The van der Waals surface area contributed by atoms with Crippen LogP contribution < -0.4 is 5.32 Å². The Morgan fingerprint density at radius 3 is 2.86 bits per heavy atom. The molecule has 1 aromatic heterocycles. The Balaban J connectivity index is 1.56. The van der Waals surface area contributed by atoms with E-state index in [-0.39, 0.29) is 12.5 Å². The molecule has 1 amide bonds. The van der Waals surface area contributed by atoms with Crippen LogP contribution in [-0.2, 0) is 16.1 Å². The van der Waals surface area contributed by atoms with Crippen LogP contribution in [0.1, 0.15) is 5.56 Å². The molecule has 21 heavy (non-hydrogen) atoms. The Morgan fingerprint density at radius 2 is 2.00 bits per heavy atom. The lowest BCUT2D eigenvalue weighted by Crippen LogP contribution is -2.18. The molecule has 0 spiro atoms. The summed E-state index contributed by atoms with van der Waals surface area (Å²) in [7, 11) is 0. The number of hydrogen-bond donors (Lipinski definition) is 2. The van der Waals surface area contributed by atoms with Gasteiger partial charge in [0.1, 0.15) is 12.1 Å². The molecular weight excluding hydrogens is 266 g/mol. The average molecular weight is 281 g/mol. The second-order valence-corrected chi connectivity index (χ2v) is 4.63. The topological polar surface area (TPSA) is 67.0 Å². The van der Waals surface area contributed by atoms with Gasteiger partial charge in [-0.15, -0.1) is 0 Å². The molecule has 5 heteroatoms. The Morgan fingerprint density at radius 1 is 1.14 bits per heavy atom. The molecule has 3 rings (SSSR count). The summed E-state index contributed by atoms with van der Waals surface area (Å²) in [5.74, 6) is -0.193. The highest BCUT2D eigenvalue weighted by Gasteiger charge is 2.07. The van der Waals surface area contributed by atoms with Crippen molar-refractivity contribution in [3.63, 3.8) is 0 Å². The number of ether oxygens (including phenoxy) is 1. The Bertz CT molecular complexity index is 737. The number of imidazole rings is 1. The molecule has 0 saturated heterocycles. The number of H-pyrrole nitrogens is 1. The monoisotopic (exact) mass is 281 g/mol. The quantitative estimate of drug-likeness (QED) is 0.755. The number of carbonyl (C=O) groups is 1. The van der Waals surface area contributed by atoms with Gasteiger partial charge in [0.25, 0.3) is 0 Å². The smallest absolute Gasteiger partial charge is 0.250 e. The number of aromatic nitrogens is 2. The number of hydrogen-bond acceptors (Lipinski definition) is 3. The van der Waals surface area contributed by atoms with Gasteiger partial charge in [0, 0.05) is 0 Å². The van der Waals surface area contributed by atoms with E-state index in [1.165, 1.54) is 0 Å². The van der Waals surface area contributed by atoms with Gasteiger partial charge in [-0.2, -0.15) is 0 Å². The molecule has 0 fully saturated rings. The molecule has 5 nitrogen and oxygen atoms in total. The minimum Gasteiger partial charge on any atom is -0.367 e. The largest absolute Gasteiger partial charge is 0.367 e. The standard InChI is InChI=1S/C16H15N3O2/c20-15(10-21-9-12-5-2-1-3-6-12)19-14-8-4-7-13-16(14)18-11-17-13/h1-8,11H,9-10H2,(H,17,18)(H,19,20). The van der Waals surface area contributed by atoms with Crippen LogP contribution in [0.3, 0.4) is 0 Å². The molecule has 3 aromatic rings. The van der Waals surface area contributed by atoms with Crippen LogP contribution in [-0.4, -0.2) is 22.5 Å². The number of carbonyl (C=O) groups excluding carboxylic acids is 1. The van der Waals surface area contributed by atoms with Gasteiger partial charge in [-0.1, -0.05) is 36.4 Å². The van der Waals surface area contributed by atoms with Gasteiger partial charge in [-0.3, -0.25) is 4.79 Å². The van der Waals surface area contributed by atoms with Crippen molar-refractivity contribution in [3.05, 3.63) is 60.4 Å². The maximum absolute atomic E-state index is 11.9. The molecule has 0 unspecified atom stereocenters. The number of rotatable bonds is 5. The lowest BCUT2D eigenvalue weighted by Gasteiger charge is -2.07. The van der Waals surface area contributed by atoms with Crippen molar-refractivity contribution in [1.82, 2.24) is 9.97 Å². The summed E-state index contributed by atoms with van der Waals surface area (Å²) >= 11 is 0. The first-order valence-electron chi connectivity index (χ1n) is 6.66. The molecular formula is C16H15N3O2. The van der Waals surface area contributed by atoms with Gasteiger partial charge in [0.2, 0.25) is 5.91 Å². The van der Waals surface area contributed by atoms with E-state index in [2.05, 4.69) is 15.3 Å². The van der Waals surface area contributed by atoms with Crippen molar-refractivity contribution in [2.75, 3.05) is 11.9 Å². The molecule has 0 aliphatic heterocycles. The number of anilines is 1. The molecule has 0 atom stereocenters. The maximum Gasteiger partial charge on any atom is 0.250 e. The molecule has 1 heterocycles. The van der Waals surface area contributed by atoms with Crippen LogP contribution in [0.15, 0.2) is 54.9 Å². The normalized spacial score (nSPS) is 10.7. The van der Waals surface area contributed by atoms with Gasteiger partial charge >= 0.3 is 0 Å². The zero-order chi connectivity index (χ0) is 14.5. The predicted molar refractivity (Wildman–Crippen MR) is 80.8 cm³/mol. The minimum absolute atomic E-state index is 0.00963. The zero-order valence-electron chi connectivity index (χ0n) is 11.4. The van der Waals surface area contributed by atoms with Crippen molar-refractivity contribution in [1.29, 1.82) is 0 Å². The predicted octanol–water partition coefficient (Wildman–Crippen LogP) is 2.72. The summed E-state index contributed by atoms with van der Waals surface area (Å²) in [5, 5.41) is 2.81. The number of nitrogens with zero attached hydrogens (tertiary/aromatic N) is 1. The molecule has 2 aromatic carbocycles. The average Bonchev–Trinajstić information content (AvgIpc) is 2.98. The first-order chi connectivity index (χ1) is 10.3. The molecule has 0 radical (unpaired) electrons. The summed E-state index contributed by atoms with van der Waals surface area (Å²) in [6, 6.07) is 15.3. The van der Waals surface area contributed by atoms with Gasteiger partial charge < -0.3 is 15.0 Å². The lowest BCUT2D eigenvalue weighted by atomic mass is 10.2. The fourth-order valence-corrected chi connectivity index (χ4v) is 2.09. The maximum atomic E-state index is 11.9. The number of nitrogens with one attached hydrogen (secondary N) is 2. The van der Waals surface area contributed by atoms with Crippen molar-refractivity contribution >= 4 is 22.6 Å². The molecule has 0 aliphatic carbocycles. The summed E-state index contributed by atoms with van der Waals surface area (Å²) in [6.07, 6.45) is 1.60.